The summed E-state index contributed by atoms with van der Waals surface area (Å²) in [6.45, 7) is 4.32. The molecule has 1 aromatic rings. The Balaban J connectivity index is 3.10. The van der Waals surface area contributed by atoms with Crippen LogP contribution in [-0.4, -0.2) is 23.7 Å². The average Bonchev–Trinajstić information content (AvgIpc) is 2.41. The standard InChI is InChI=1S/C14H18F3NO3/c1-3-11(13(19)20)21-12-6-5-9(8-18-4-2)7-10(12)14(15,16)17/h5-7,11,18H,3-4,8H2,1-2H3,(H,19,20). The Kier molecular flexibility index (Phi) is 6.02. The lowest BCUT2D eigenvalue weighted by atomic mass is 10.1. The van der Waals surface area contributed by atoms with E-state index in [0.717, 1.165) is 6.07 Å². The third kappa shape index (κ3) is 4.93. The fourth-order valence-corrected chi connectivity index (χ4v) is 1.74. The fourth-order valence-electron chi connectivity index (χ4n) is 1.74. The summed E-state index contributed by atoms with van der Waals surface area (Å²) in [4.78, 5) is 10.9. The van der Waals surface area contributed by atoms with Gasteiger partial charge in [0.15, 0.2) is 6.10 Å². The number of halogens is 3. The normalized spacial score (nSPS) is 13.0. The van der Waals surface area contributed by atoms with Crippen LogP contribution >= 0.6 is 0 Å². The van der Waals surface area contributed by atoms with Crippen LogP contribution in [0.5, 0.6) is 5.75 Å². The topological polar surface area (TPSA) is 58.6 Å². The maximum atomic E-state index is 13.1. The van der Waals surface area contributed by atoms with Crippen LogP contribution in [0.3, 0.4) is 0 Å². The number of hydrogen-bond donors (Lipinski definition) is 2. The van der Waals surface area contributed by atoms with Gasteiger partial charge in [0.05, 0.1) is 5.56 Å². The summed E-state index contributed by atoms with van der Waals surface area (Å²) in [5, 5.41) is 11.8. The van der Waals surface area contributed by atoms with E-state index in [1.54, 1.807) is 0 Å². The molecule has 1 unspecified atom stereocenters. The van der Waals surface area contributed by atoms with Gasteiger partial charge in [0.2, 0.25) is 0 Å². The summed E-state index contributed by atoms with van der Waals surface area (Å²) in [6.07, 6.45) is -5.83. The zero-order chi connectivity index (χ0) is 16.0. The third-order valence-corrected chi connectivity index (χ3v) is 2.84. The predicted octanol–water partition coefficient (Wildman–Crippen LogP) is 3.06. The molecule has 0 spiro atoms. The second kappa shape index (κ2) is 7.31. The highest BCUT2D eigenvalue weighted by molar-refractivity contribution is 5.72. The van der Waals surface area contributed by atoms with Gasteiger partial charge in [-0.05, 0) is 30.7 Å². The van der Waals surface area contributed by atoms with Crippen molar-refractivity contribution in [2.45, 2.75) is 39.1 Å². The molecule has 21 heavy (non-hydrogen) atoms. The molecule has 0 bridgehead atoms. The second-order valence-electron chi connectivity index (χ2n) is 4.46. The molecule has 7 heteroatoms. The van der Waals surface area contributed by atoms with Crippen LogP contribution in [0.1, 0.15) is 31.4 Å². The Morgan fingerprint density at radius 1 is 1.38 bits per heavy atom. The van der Waals surface area contributed by atoms with E-state index in [9.17, 15) is 18.0 Å². The van der Waals surface area contributed by atoms with Crippen LogP contribution in [0.15, 0.2) is 18.2 Å². The van der Waals surface area contributed by atoms with E-state index in [1.807, 2.05) is 6.92 Å². The Morgan fingerprint density at radius 2 is 2.05 bits per heavy atom. The van der Waals surface area contributed by atoms with Crippen molar-refractivity contribution < 1.29 is 27.8 Å². The molecule has 0 amide bonds. The van der Waals surface area contributed by atoms with E-state index in [4.69, 9.17) is 9.84 Å². The van der Waals surface area contributed by atoms with Gasteiger partial charge in [0, 0.05) is 6.54 Å². The highest BCUT2D eigenvalue weighted by atomic mass is 19.4. The summed E-state index contributed by atoms with van der Waals surface area (Å²) in [6, 6.07) is 3.63. The SMILES string of the molecule is CCNCc1ccc(OC(CC)C(=O)O)c(C(F)(F)F)c1. The van der Waals surface area contributed by atoms with Gasteiger partial charge < -0.3 is 15.2 Å². The van der Waals surface area contributed by atoms with Crippen molar-refractivity contribution in [3.8, 4) is 5.75 Å². The first kappa shape index (κ1) is 17.3. The highest BCUT2D eigenvalue weighted by Gasteiger charge is 2.35. The molecule has 0 aliphatic rings. The van der Waals surface area contributed by atoms with Crippen molar-refractivity contribution in [1.29, 1.82) is 0 Å². The molecular formula is C14H18F3NO3. The minimum atomic E-state index is -4.60. The Hall–Kier alpha value is -1.76. The van der Waals surface area contributed by atoms with Gasteiger partial charge in [-0.3, -0.25) is 0 Å². The maximum Gasteiger partial charge on any atom is 0.419 e. The minimum absolute atomic E-state index is 0.0752. The van der Waals surface area contributed by atoms with E-state index >= 15 is 0 Å². The van der Waals surface area contributed by atoms with E-state index in [-0.39, 0.29) is 6.42 Å². The van der Waals surface area contributed by atoms with Crippen LogP contribution < -0.4 is 10.1 Å². The largest absolute Gasteiger partial charge is 0.479 e. The second-order valence-corrected chi connectivity index (χ2v) is 4.46. The van der Waals surface area contributed by atoms with Gasteiger partial charge in [-0.2, -0.15) is 13.2 Å². The zero-order valence-corrected chi connectivity index (χ0v) is 11.8. The Bertz CT molecular complexity index is 489. The number of alkyl halides is 3. The molecule has 0 saturated heterocycles. The Labute approximate surface area is 120 Å². The summed E-state index contributed by atoms with van der Waals surface area (Å²) < 4.78 is 44.2. The lowest BCUT2D eigenvalue weighted by molar-refractivity contribution is -0.148. The van der Waals surface area contributed by atoms with Crippen LogP contribution in [0.25, 0.3) is 0 Å². The van der Waals surface area contributed by atoms with Crippen LogP contribution in [-0.2, 0) is 17.5 Å². The monoisotopic (exact) mass is 305 g/mol. The van der Waals surface area contributed by atoms with Crippen molar-refractivity contribution in [2.75, 3.05) is 6.54 Å². The molecule has 0 saturated carbocycles. The smallest absolute Gasteiger partial charge is 0.419 e. The number of nitrogens with one attached hydrogen (secondary N) is 1. The number of carboxylic acids is 1. The molecule has 0 radical (unpaired) electrons. The van der Waals surface area contributed by atoms with Crippen molar-refractivity contribution in [1.82, 2.24) is 5.32 Å². The van der Waals surface area contributed by atoms with Gasteiger partial charge in [0.1, 0.15) is 5.75 Å². The molecule has 2 N–H and O–H groups in total. The summed E-state index contributed by atoms with van der Waals surface area (Å²) in [5.41, 5.74) is -0.502. The van der Waals surface area contributed by atoms with E-state index < -0.39 is 29.6 Å². The van der Waals surface area contributed by atoms with Crippen molar-refractivity contribution in [3.63, 3.8) is 0 Å². The molecular weight excluding hydrogens is 287 g/mol. The molecule has 0 aliphatic carbocycles. The van der Waals surface area contributed by atoms with E-state index in [2.05, 4.69) is 5.32 Å². The lowest BCUT2D eigenvalue weighted by Gasteiger charge is -2.18. The van der Waals surface area contributed by atoms with E-state index in [0.29, 0.717) is 18.7 Å². The molecule has 0 aromatic heterocycles. The van der Waals surface area contributed by atoms with Crippen LogP contribution in [0.4, 0.5) is 13.2 Å². The number of carbonyl (C=O) groups is 1. The summed E-state index contributed by atoms with van der Waals surface area (Å²) >= 11 is 0. The van der Waals surface area contributed by atoms with Crippen molar-refractivity contribution >= 4 is 5.97 Å². The highest BCUT2D eigenvalue weighted by Crippen LogP contribution is 2.37. The fraction of sp³-hybridized carbons (Fsp3) is 0.500. The number of rotatable bonds is 7. The molecule has 1 rings (SSSR count). The third-order valence-electron chi connectivity index (χ3n) is 2.84. The van der Waals surface area contributed by atoms with Gasteiger partial charge in [-0.1, -0.05) is 19.9 Å². The zero-order valence-electron chi connectivity index (χ0n) is 11.8. The molecule has 1 atom stereocenters. The van der Waals surface area contributed by atoms with Gasteiger partial charge in [-0.15, -0.1) is 0 Å². The summed E-state index contributed by atoms with van der Waals surface area (Å²) in [5.74, 6) is -1.75. The molecule has 4 nitrogen and oxygen atoms in total. The molecule has 118 valence electrons. The van der Waals surface area contributed by atoms with Crippen LogP contribution in [0, 0.1) is 0 Å². The van der Waals surface area contributed by atoms with Gasteiger partial charge in [-0.25, -0.2) is 4.79 Å². The molecule has 0 fully saturated rings. The van der Waals surface area contributed by atoms with Crippen LogP contribution in [0.2, 0.25) is 0 Å². The van der Waals surface area contributed by atoms with Gasteiger partial charge >= 0.3 is 12.1 Å². The van der Waals surface area contributed by atoms with E-state index in [1.165, 1.54) is 19.1 Å². The van der Waals surface area contributed by atoms with Gasteiger partial charge in [0.25, 0.3) is 0 Å². The van der Waals surface area contributed by atoms with Crippen molar-refractivity contribution in [2.24, 2.45) is 0 Å². The molecule has 1 aromatic carbocycles. The number of hydrogen-bond acceptors (Lipinski definition) is 3. The quantitative estimate of drug-likeness (QED) is 0.813. The summed E-state index contributed by atoms with van der Waals surface area (Å²) in [7, 11) is 0. The number of carboxylic acid groups (broad SMARTS) is 1. The molecule has 0 aliphatic heterocycles. The predicted molar refractivity (Wildman–Crippen MR) is 71.2 cm³/mol. The first-order valence-electron chi connectivity index (χ1n) is 6.59. The Morgan fingerprint density at radius 3 is 2.52 bits per heavy atom. The van der Waals surface area contributed by atoms with Crippen molar-refractivity contribution in [3.05, 3.63) is 29.3 Å². The first-order valence-corrected chi connectivity index (χ1v) is 6.59. The number of aliphatic carboxylic acids is 1. The maximum absolute atomic E-state index is 13.1. The number of ether oxygens (including phenoxy) is 1. The lowest BCUT2D eigenvalue weighted by Crippen LogP contribution is -2.27. The first-order chi connectivity index (χ1) is 9.79. The number of benzene rings is 1. The average molecular weight is 305 g/mol. The minimum Gasteiger partial charge on any atom is -0.479 e. The molecule has 0 heterocycles.